The third kappa shape index (κ3) is 6.95. The van der Waals surface area contributed by atoms with Crippen LogP contribution in [0.3, 0.4) is 0 Å². The highest BCUT2D eigenvalue weighted by molar-refractivity contribution is 7.25. The van der Waals surface area contributed by atoms with Crippen LogP contribution < -0.4 is 4.90 Å². The van der Waals surface area contributed by atoms with E-state index in [-0.39, 0.29) is 0 Å². The molecule has 0 aliphatic rings. The molecule has 0 radical (unpaired) electrons. The topological polar surface area (TPSA) is 13.1 Å². The van der Waals surface area contributed by atoms with Gasteiger partial charge in [0.05, 0.1) is 22.1 Å². The Hall–Kier alpha value is -9.48. The lowest BCUT2D eigenvalue weighted by Crippen LogP contribution is -2.09. The summed E-state index contributed by atoms with van der Waals surface area (Å²) in [4.78, 5) is 2.35. The molecule has 12 aromatic carbocycles. The van der Waals surface area contributed by atoms with Crippen LogP contribution in [0.25, 0.3) is 119 Å². The number of para-hydroxylation sites is 4. The van der Waals surface area contributed by atoms with Crippen molar-refractivity contribution in [3.8, 4) is 44.8 Å². The van der Waals surface area contributed by atoms with E-state index in [4.69, 9.17) is 0 Å². The first-order chi connectivity index (χ1) is 36.7. The first-order valence-electron chi connectivity index (χ1n) is 25.3. The molecular formula is C70H45N3S. The maximum Gasteiger partial charge on any atom is 0.0547 e. The molecule has 0 fully saturated rings. The molecule has 15 rings (SSSR count). The van der Waals surface area contributed by atoms with E-state index in [0.717, 1.165) is 61.8 Å². The maximum absolute atomic E-state index is 2.47. The number of thiophene rings is 1. The number of aromatic nitrogens is 2. The summed E-state index contributed by atoms with van der Waals surface area (Å²) in [5.41, 5.74) is 17.3. The summed E-state index contributed by atoms with van der Waals surface area (Å²) in [7, 11) is 0. The molecule has 0 amide bonds. The number of hydrogen-bond acceptors (Lipinski definition) is 2. The van der Waals surface area contributed by atoms with E-state index >= 15 is 0 Å². The number of benzene rings is 12. The Balaban J connectivity index is 0.918. The highest BCUT2D eigenvalue weighted by Gasteiger charge is 2.19. The van der Waals surface area contributed by atoms with E-state index < -0.39 is 0 Å². The van der Waals surface area contributed by atoms with Crippen molar-refractivity contribution in [3.05, 3.63) is 273 Å². The van der Waals surface area contributed by atoms with Crippen LogP contribution in [0.1, 0.15) is 0 Å². The first-order valence-corrected chi connectivity index (χ1v) is 26.1. The van der Waals surface area contributed by atoms with Crippen LogP contribution in [0.2, 0.25) is 0 Å². The molecule has 0 spiro atoms. The van der Waals surface area contributed by atoms with Gasteiger partial charge >= 0.3 is 0 Å². The Morgan fingerprint density at radius 3 is 1.41 bits per heavy atom. The van der Waals surface area contributed by atoms with E-state index in [1.807, 2.05) is 11.3 Å². The van der Waals surface area contributed by atoms with E-state index in [1.54, 1.807) is 0 Å². The van der Waals surface area contributed by atoms with Gasteiger partial charge in [-0.15, -0.1) is 11.3 Å². The van der Waals surface area contributed by atoms with Crippen LogP contribution in [-0.4, -0.2) is 9.13 Å². The van der Waals surface area contributed by atoms with Gasteiger partial charge in [-0.25, -0.2) is 0 Å². The third-order valence-corrected chi connectivity index (χ3v) is 16.2. The average molecular weight is 960 g/mol. The summed E-state index contributed by atoms with van der Waals surface area (Å²) >= 11 is 1.86. The van der Waals surface area contributed by atoms with Gasteiger partial charge in [0, 0.05) is 70.2 Å². The van der Waals surface area contributed by atoms with Gasteiger partial charge in [0.2, 0.25) is 0 Å². The monoisotopic (exact) mass is 959 g/mol. The summed E-state index contributed by atoms with van der Waals surface area (Å²) in [6.45, 7) is 0. The second-order valence-electron chi connectivity index (χ2n) is 19.3. The molecule has 0 N–H and O–H groups in total. The zero-order valence-electron chi connectivity index (χ0n) is 40.2. The molecule has 0 aliphatic carbocycles. The molecular weight excluding hydrogens is 915 g/mol. The van der Waals surface area contributed by atoms with Crippen LogP contribution in [0.4, 0.5) is 17.1 Å². The van der Waals surface area contributed by atoms with E-state index in [9.17, 15) is 0 Å². The van der Waals surface area contributed by atoms with Gasteiger partial charge in [-0.3, -0.25) is 0 Å². The van der Waals surface area contributed by atoms with Crippen LogP contribution >= 0.6 is 11.3 Å². The van der Waals surface area contributed by atoms with Gasteiger partial charge in [-0.2, -0.15) is 0 Å². The smallest absolute Gasteiger partial charge is 0.0547 e. The number of fused-ring (bicyclic) bond motifs is 10. The van der Waals surface area contributed by atoms with Gasteiger partial charge in [-0.05, 0) is 159 Å². The molecule has 15 aromatic rings. The lowest BCUT2D eigenvalue weighted by Gasteiger charge is -2.26. The summed E-state index contributed by atoms with van der Waals surface area (Å²) in [6.07, 6.45) is 0. The largest absolute Gasteiger partial charge is 0.310 e. The Morgan fingerprint density at radius 2 is 0.730 bits per heavy atom. The lowest BCUT2D eigenvalue weighted by molar-refractivity contribution is 1.18. The van der Waals surface area contributed by atoms with Crippen molar-refractivity contribution < 1.29 is 0 Å². The number of hydrogen-bond donors (Lipinski definition) is 0. The Labute approximate surface area is 432 Å². The standard InChI is InChI=1S/C70H45N3S/c1-3-17-54(18-4-1)71(57-34-29-46-15-7-8-16-48(46)42-57)56-32-27-47(28-33-56)51-39-52(49-30-36-61-59-21-9-12-24-65(59)72(67(61)43-49)55-19-5-2-6-20-55)41-53(40-51)50-31-37-62-60-22-10-13-25-66(60)73(68(62)44-50)58-35-38-70-64(45-58)63-23-11-14-26-69(63)74-70/h1-45H. The van der Waals surface area contributed by atoms with Crippen molar-refractivity contribution in [2.24, 2.45) is 0 Å². The predicted octanol–water partition coefficient (Wildman–Crippen LogP) is 19.9. The van der Waals surface area contributed by atoms with Gasteiger partial charge in [-0.1, -0.05) is 158 Å². The summed E-state index contributed by atoms with van der Waals surface area (Å²) < 4.78 is 7.49. The van der Waals surface area contributed by atoms with E-state index in [2.05, 4.69) is 287 Å². The quantitative estimate of drug-likeness (QED) is 0.148. The van der Waals surface area contributed by atoms with Crippen LogP contribution in [0, 0.1) is 0 Å². The molecule has 4 heteroatoms. The molecule has 74 heavy (non-hydrogen) atoms. The third-order valence-electron chi connectivity index (χ3n) is 15.0. The van der Waals surface area contributed by atoms with Crippen molar-refractivity contribution in [3.63, 3.8) is 0 Å². The zero-order chi connectivity index (χ0) is 48.7. The highest BCUT2D eigenvalue weighted by atomic mass is 32.1. The van der Waals surface area contributed by atoms with Crippen molar-refractivity contribution in [1.29, 1.82) is 0 Å². The van der Waals surface area contributed by atoms with Gasteiger partial charge in [0.15, 0.2) is 0 Å². The first kappa shape index (κ1) is 42.2. The van der Waals surface area contributed by atoms with Crippen LogP contribution in [0.15, 0.2) is 273 Å². The van der Waals surface area contributed by atoms with E-state index in [1.165, 1.54) is 74.6 Å². The minimum absolute atomic E-state index is 1.10. The molecule has 0 atom stereocenters. The fraction of sp³-hybridized carbons (Fsp3) is 0. The molecule has 0 saturated heterocycles. The van der Waals surface area contributed by atoms with Crippen LogP contribution in [0.5, 0.6) is 0 Å². The van der Waals surface area contributed by atoms with Crippen molar-refractivity contribution >= 4 is 103 Å². The molecule has 0 aliphatic heterocycles. The van der Waals surface area contributed by atoms with Gasteiger partial charge < -0.3 is 14.0 Å². The number of rotatable bonds is 8. The van der Waals surface area contributed by atoms with Crippen molar-refractivity contribution in [2.75, 3.05) is 4.90 Å². The van der Waals surface area contributed by atoms with Crippen LogP contribution in [-0.2, 0) is 0 Å². The summed E-state index contributed by atoms with van der Waals surface area (Å²) in [5.74, 6) is 0. The second-order valence-corrected chi connectivity index (χ2v) is 20.4. The Morgan fingerprint density at radius 1 is 0.243 bits per heavy atom. The van der Waals surface area contributed by atoms with Crippen molar-refractivity contribution in [1.82, 2.24) is 9.13 Å². The molecule has 0 unspecified atom stereocenters. The molecule has 0 bridgehead atoms. The normalized spacial score (nSPS) is 11.8. The molecule has 3 heterocycles. The minimum atomic E-state index is 1.10. The SMILES string of the molecule is c1ccc(N(c2ccc(-c3cc(-c4ccc5c6ccccc6n(-c6ccccc6)c5c4)cc(-c4ccc5c6ccccc6n(-c6ccc7sc8ccccc8c7c6)c5c4)c3)cc2)c2ccc3ccccc3c2)cc1. The second kappa shape index (κ2) is 17.1. The molecule has 3 nitrogen and oxygen atoms in total. The average Bonchev–Trinajstić information content (AvgIpc) is 4.13. The Bertz CT molecular complexity index is 4660. The number of nitrogens with zero attached hydrogens (tertiary/aromatic N) is 3. The fourth-order valence-electron chi connectivity index (χ4n) is 11.6. The summed E-state index contributed by atoms with van der Waals surface area (Å²) in [6, 6.07) is 100. The minimum Gasteiger partial charge on any atom is -0.310 e. The summed E-state index contributed by atoms with van der Waals surface area (Å²) in [5, 5.41) is 10.00. The highest BCUT2D eigenvalue weighted by Crippen LogP contribution is 2.43. The predicted molar refractivity (Wildman–Crippen MR) is 317 cm³/mol. The Kier molecular flexibility index (Phi) is 9.75. The fourth-order valence-corrected chi connectivity index (χ4v) is 12.6. The van der Waals surface area contributed by atoms with Gasteiger partial charge in [0.25, 0.3) is 0 Å². The molecule has 0 saturated carbocycles. The zero-order valence-corrected chi connectivity index (χ0v) is 41.0. The molecule has 3 aromatic heterocycles. The lowest BCUT2D eigenvalue weighted by atomic mass is 9.92. The maximum atomic E-state index is 2.47. The van der Waals surface area contributed by atoms with E-state index in [0.29, 0.717) is 0 Å². The number of anilines is 3. The van der Waals surface area contributed by atoms with Crippen molar-refractivity contribution in [2.45, 2.75) is 0 Å². The van der Waals surface area contributed by atoms with Gasteiger partial charge in [0.1, 0.15) is 0 Å². The molecule has 346 valence electrons.